The molecule has 1 aliphatic heterocycles. The van der Waals surface area contributed by atoms with E-state index < -0.39 is 0 Å². The first-order chi connectivity index (χ1) is 6.92. The Morgan fingerprint density at radius 1 is 1.36 bits per heavy atom. The summed E-state index contributed by atoms with van der Waals surface area (Å²) >= 11 is 0. The van der Waals surface area contributed by atoms with E-state index in [0.717, 1.165) is 12.0 Å². The van der Waals surface area contributed by atoms with Gasteiger partial charge in [0.1, 0.15) is 0 Å². The Kier molecular flexibility index (Phi) is 3.20. The second-order valence-corrected chi connectivity index (χ2v) is 4.26. The van der Waals surface area contributed by atoms with E-state index in [1.165, 1.54) is 31.4 Å². The Balaban J connectivity index is 2.12. The quantitative estimate of drug-likeness (QED) is 0.750. The number of hydrogen-bond acceptors (Lipinski definition) is 0. The maximum atomic E-state index is 2.53. The van der Waals surface area contributed by atoms with Gasteiger partial charge >= 0.3 is 0 Å². The standard InChI is InChI=1S/C13H19N/c1-2-12(13-9-6-10-14-13)11-7-4-3-5-8-11/h3-5,7-8,12-14H,2,6,9-10H2,1H3/p+1/t12-,13-/m1/s1. The van der Waals surface area contributed by atoms with Gasteiger partial charge in [-0.25, -0.2) is 0 Å². The molecular formula is C13H20N+. The predicted octanol–water partition coefficient (Wildman–Crippen LogP) is 1.91. The number of hydrogen-bond donors (Lipinski definition) is 1. The average molecular weight is 190 g/mol. The lowest BCUT2D eigenvalue weighted by molar-refractivity contribution is -0.672. The molecule has 1 aliphatic rings. The monoisotopic (exact) mass is 190 g/mol. The summed E-state index contributed by atoms with van der Waals surface area (Å²) in [6.45, 7) is 3.64. The third-order valence-electron chi connectivity index (χ3n) is 3.40. The van der Waals surface area contributed by atoms with Crippen LogP contribution in [-0.2, 0) is 0 Å². The molecule has 1 aromatic rings. The largest absolute Gasteiger partial charge is 0.343 e. The van der Waals surface area contributed by atoms with Gasteiger partial charge in [-0.2, -0.15) is 0 Å². The first kappa shape index (κ1) is 9.72. The van der Waals surface area contributed by atoms with Gasteiger partial charge in [-0.05, 0) is 12.0 Å². The zero-order valence-corrected chi connectivity index (χ0v) is 8.95. The van der Waals surface area contributed by atoms with E-state index in [1.807, 2.05) is 0 Å². The van der Waals surface area contributed by atoms with Crippen molar-refractivity contribution in [3.05, 3.63) is 35.9 Å². The van der Waals surface area contributed by atoms with Gasteiger partial charge in [0.05, 0.1) is 12.6 Å². The minimum atomic E-state index is 0.763. The number of quaternary nitrogens is 1. The molecule has 1 aromatic carbocycles. The Morgan fingerprint density at radius 2 is 2.14 bits per heavy atom. The summed E-state index contributed by atoms with van der Waals surface area (Å²) in [6.07, 6.45) is 4.06. The topological polar surface area (TPSA) is 16.6 Å². The van der Waals surface area contributed by atoms with Crippen molar-refractivity contribution in [1.82, 2.24) is 0 Å². The fraction of sp³-hybridized carbons (Fsp3) is 0.538. The molecule has 2 rings (SSSR count). The molecule has 0 saturated carbocycles. The molecule has 2 atom stereocenters. The van der Waals surface area contributed by atoms with Crippen LogP contribution in [0, 0.1) is 0 Å². The van der Waals surface area contributed by atoms with Crippen LogP contribution in [0.15, 0.2) is 30.3 Å². The number of rotatable bonds is 3. The summed E-state index contributed by atoms with van der Waals surface area (Å²) in [6, 6.07) is 11.8. The average Bonchev–Trinajstić information content (AvgIpc) is 2.74. The highest BCUT2D eigenvalue weighted by molar-refractivity contribution is 5.20. The van der Waals surface area contributed by atoms with Gasteiger partial charge in [-0.3, -0.25) is 0 Å². The van der Waals surface area contributed by atoms with Gasteiger partial charge < -0.3 is 5.32 Å². The van der Waals surface area contributed by atoms with Crippen LogP contribution in [0.2, 0.25) is 0 Å². The lowest BCUT2D eigenvalue weighted by atomic mass is 9.88. The van der Waals surface area contributed by atoms with Gasteiger partial charge in [0.25, 0.3) is 0 Å². The summed E-state index contributed by atoms with van der Waals surface area (Å²) in [5.41, 5.74) is 1.53. The van der Waals surface area contributed by atoms with E-state index in [1.54, 1.807) is 0 Å². The minimum Gasteiger partial charge on any atom is -0.343 e. The molecule has 14 heavy (non-hydrogen) atoms. The molecule has 1 nitrogen and oxygen atoms in total. The molecule has 0 spiro atoms. The van der Waals surface area contributed by atoms with Crippen molar-refractivity contribution < 1.29 is 5.32 Å². The van der Waals surface area contributed by atoms with E-state index in [2.05, 4.69) is 42.6 Å². The van der Waals surface area contributed by atoms with Crippen LogP contribution in [0.25, 0.3) is 0 Å². The summed E-state index contributed by atoms with van der Waals surface area (Å²) < 4.78 is 0. The molecule has 1 saturated heterocycles. The molecule has 0 aromatic heterocycles. The van der Waals surface area contributed by atoms with Crippen LogP contribution >= 0.6 is 0 Å². The van der Waals surface area contributed by atoms with Crippen molar-refractivity contribution in [2.75, 3.05) is 6.54 Å². The van der Waals surface area contributed by atoms with Crippen LogP contribution in [0.3, 0.4) is 0 Å². The Labute approximate surface area is 86.5 Å². The van der Waals surface area contributed by atoms with Crippen LogP contribution in [0.5, 0.6) is 0 Å². The van der Waals surface area contributed by atoms with E-state index >= 15 is 0 Å². The van der Waals surface area contributed by atoms with E-state index in [0.29, 0.717) is 0 Å². The van der Waals surface area contributed by atoms with Crippen molar-refractivity contribution in [2.24, 2.45) is 0 Å². The molecular weight excluding hydrogens is 170 g/mol. The fourth-order valence-electron chi connectivity index (χ4n) is 2.65. The first-order valence-electron chi connectivity index (χ1n) is 5.80. The number of nitrogens with two attached hydrogens (primary N) is 1. The zero-order chi connectivity index (χ0) is 9.80. The molecule has 1 heteroatoms. The lowest BCUT2D eigenvalue weighted by Crippen LogP contribution is -2.87. The fourth-order valence-corrected chi connectivity index (χ4v) is 2.65. The van der Waals surface area contributed by atoms with Crippen molar-refractivity contribution >= 4 is 0 Å². The Hall–Kier alpha value is -0.820. The predicted molar refractivity (Wildman–Crippen MR) is 59.3 cm³/mol. The van der Waals surface area contributed by atoms with E-state index in [9.17, 15) is 0 Å². The second-order valence-electron chi connectivity index (χ2n) is 4.26. The summed E-state index contributed by atoms with van der Waals surface area (Å²) in [4.78, 5) is 0. The molecule has 1 fully saturated rings. The van der Waals surface area contributed by atoms with Crippen molar-refractivity contribution in [3.8, 4) is 0 Å². The van der Waals surface area contributed by atoms with Gasteiger partial charge in [-0.15, -0.1) is 0 Å². The highest BCUT2D eigenvalue weighted by Gasteiger charge is 2.27. The summed E-state index contributed by atoms with van der Waals surface area (Å²) in [5.74, 6) is 0.763. The van der Waals surface area contributed by atoms with Crippen LogP contribution in [0.1, 0.15) is 37.7 Å². The van der Waals surface area contributed by atoms with Gasteiger partial charge in [-0.1, -0.05) is 37.3 Å². The van der Waals surface area contributed by atoms with E-state index in [-0.39, 0.29) is 0 Å². The number of benzene rings is 1. The van der Waals surface area contributed by atoms with Crippen molar-refractivity contribution in [3.63, 3.8) is 0 Å². The molecule has 0 unspecified atom stereocenters. The zero-order valence-electron chi connectivity index (χ0n) is 8.95. The minimum absolute atomic E-state index is 0.763. The van der Waals surface area contributed by atoms with Crippen molar-refractivity contribution in [2.45, 2.75) is 38.1 Å². The molecule has 0 bridgehead atoms. The Morgan fingerprint density at radius 3 is 2.71 bits per heavy atom. The third kappa shape index (κ3) is 1.98. The molecule has 2 N–H and O–H groups in total. The van der Waals surface area contributed by atoms with Gasteiger partial charge in [0, 0.05) is 18.8 Å². The maximum Gasteiger partial charge on any atom is 0.0930 e. The van der Waals surface area contributed by atoms with Crippen LogP contribution in [-0.4, -0.2) is 12.6 Å². The second kappa shape index (κ2) is 4.61. The summed E-state index contributed by atoms with van der Waals surface area (Å²) in [5, 5.41) is 2.53. The maximum absolute atomic E-state index is 2.53. The molecule has 76 valence electrons. The lowest BCUT2D eigenvalue weighted by Gasteiger charge is -2.19. The highest BCUT2D eigenvalue weighted by atomic mass is 14.9. The molecule has 0 aliphatic carbocycles. The summed E-state index contributed by atoms with van der Waals surface area (Å²) in [7, 11) is 0. The molecule has 0 radical (unpaired) electrons. The molecule has 0 amide bonds. The van der Waals surface area contributed by atoms with Crippen molar-refractivity contribution in [1.29, 1.82) is 0 Å². The van der Waals surface area contributed by atoms with Gasteiger partial charge in [0.15, 0.2) is 0 Å². The first-order valence-corrected chi connectivity index (χ1v) is 5.80. The smallest absolute Gasteiger partial charge is 0.0930 e. The third-order valence-corrected chi connectivity index (χ3v) is 3.40. The van der Waals surface area contributed by atoms with Crippen LogP contribution < -0.4 is 5.32 Å². The van der Waals surface area contributed by atoms with Crippen LogP contribution in [0.4, 0.5) is 0 Å². The Bertz CT molecular complexity index is 262. The van der Waals surface area contributed by atoms with E-state index in [4.69, 9.17) is 0 Å². The van der Waals surface area contributed by atoms with Gasteiger partial charge in [0.2, 0.25) is 0 Å². The highest BCUT2D eigenvalue weighted by Crippen LogP contribution is 2.24. The molecule has 1 heterocycles. The SMILES string of the molecule is CC[C@H](c1ccccc1)[C@H]1CCC[NH2+]1. The normalized spacial score (nSPS) is 23.6.